The smallest absolute Gasteiger partial charge is 0.338 e. The van der Waals surface area contributed by atoms with Crippen LogP contribution in [0.5, 0.6) is 5.75 Å². The molecule has 0 fully saturated rings. The van der Waals surface area contributed by atoms with Crippen molar-refractivity contribution in [1.82, 2.24) is 0 Å². The summed E-state index contributed by atoms with van der Waals surface area (Å²) in [4.78, 5) is 10.7. The highest BCUT2D eigenvalue weighted by atomic mass is 19.1. The molecule has 0 aliphatic carbocycles. The number of carboxylic acids is 1. The van der Waals surface area contributed by atoms with Crippen LogP contribution in [0.1, 0.15) is 21.5 Å². The van der Waals surface area contributed by atoms with E-state index >= 15 is 0 Å². The molecule has 21 heavy (non-hydrogen) atoms. The minimum atomic E-state index is -1.28. The second-order valence-electron chi connectivity index (χ2n) is 4.49. The van der Waals surface area contributed by atoms with Crippen LogP contribution in [-0.4, -0.2) is 18.2 Å². The first kappa shape index (κ1) is 15.0. The number of carbonyl (C=O) groups is 1. The quantitative estimate of drug-likeness (QED) is 0.887. The molecule has 0 unspecified atom stereocenters. The van der Waals surface area contributed by atoms with Crippen LogP contribution in [0.15, 0.2) is 42.5 Å². The van der Waals surface area contributed by atoms with E-state index in [9.17, 15) is 9.18 Å². The first-order valence-electron chi connectivity index (χ1n) is 6.32. The fourth-order valence-electron chi connectivity index (χ4n) is 1.88. The Balaban J connectivity index is 2.04. The third-order valence-electron chi connectivity index (χ3n) is 2.88. The van der Waals surface area contributed by atoms with Crippen LogP contribution in [0.25, 0.3) is 0 Å². The van der Waals surface area contributed by atoms with Crippen molar-refractivity contribution in [2.24, 2.45) is 0 Å². The maximum Gasteiger partial charge on any atom is 0.338 e. The number of rotatable bonds is 6. The minimum absolute atomic E-state index is 0.160. The molecule has 0 aliphatic heterocycles. The molecule has 0 saturated heterocycles. The molecule has 0 aliphatic rings. The number of methoxy groups -OCH3 is 1. The molecular formula is C16H15FO4. The van der Waals surface area contributed by atoms with Gasteiger partial charge in [-0.2, -0.15) is 0 Å². The first-order chi connectivity index (χ1) is 10.1. The molecule has 4 nitrogen and oxygen atoms in total. The largest absolute Gasteiger partial charge is 0.489 e. The Labute approximate surface area is 121 Å². The Kier molecular flexibility index (Phi) is 4.90. The summed E-state index contributed by atoms with van der Waals surface area (Å²) >= 11 is 0. The Morgan fingerprint density at radius 3 is 2.57 bits per heavy atom. The predicted molar refractivity (Wildman–Crippen MR) is 74.8 cm³/mol. The molecule has 0 amide bonds. The molecule has 0 atom stereocenters. The number of ether oxygens (including phenoxy) is 2. The van der Waals surface area contributed by atoms with Gasteiger partial charge in [-0.25, -0.2) is 9.18 Å². The molecule has 5 heteroatoms. The lowest BCUT2D eigenvalue weighted by Crippen LogP contribution is -2.03. The summed E-state index contributed by atoms with van der Waals surface area (Å²) in [5, 5.41) is 8.76. The highest BCUT2D eigenvalue weighted by molar-refractivity contribution is 5.87. The zero-order valence-electron chi connectivity index (χ0n) is 11.5. The van der Waals surface area contributed by atoms with Crippen molar-refractivity contribution in [1.29, 1.82) is 0 Å². The van der Waals surface area contributed by atoms with Crippen LogP contribution in [0.2, 0.25) is 0 Å². The third-order valence-corrected chi connectivity index (χ3v) is 2.88. The topological polar surface area (TPSA) is 55.8 Å². The molecule has 0 aromatic heterocycles. The molecule has 110 valence electrons. The summed E-state index contributed by atoms with van der Waals surface area (Å²) in [5.74, 6) is -1.41. The van der Waals surface area contributed by atoms with Gasteiger partial charge in [0.25, 0.3) is 0 Å². The summed E-state index contributed by atoms with van der Waals surface area (Å²) in [6.45, 7) is 0.645. The Hall–Kier alpha value is -2.40. The lowest BCUT2D eigenvalue weighted by molar-refractivity contribution is 0.0692. The van der Waals surface area contributed by atoms with Crippen molar-refractivity contribution in [3.63, 3.8) is 0 Å². The highest BCUT2D eigenvalue weighted by Gasteiger charge is 2.10. The van der Waals surface area contributed by atoms with E-state index in [-0.39, 0.29) is 12.2 Å². The lowest BCUT2D eigenvalue weighted by atomic mass is 10.1. The average Bonchev–Trinajstić information content (AvgIpc) is 2.45. The van der Waals surface area contributed by atoms with Crippen LogP contribution in [0, 0.1) is 5.82 Å². The molecule has 0 radical (unpaired) electrons. The van der Waals surface area contributed by atoms with Crippen molar-refractivity contribution < 1.29 is 23.8 Å². The van der Waals surface area contributed by atoms with Gasteiger partial charge in [0.15, 0.2) is 0 Å². The molecule has 0 bridgehead atoms. The average molecular weight is 290 g/mol. The zero-order chi connectivity index (χ0) is 15.2. The number of aromatic carboxylic acids is 1. The van der Waals surface area contributed by atoms with Crippen LogP contribution in [-0.2, 0) is 18.0 Å². The van der Waals surface area contributed by atoms with E-state index in [0.717, 1.165) is 5.56 Å². The van der Waals surface area contributed by atoms with Crippen molar-refractivity contribution >= 4 is 5.97 Å². The fraction of sp³-hybridized carbons (Fsp3) is 0.188. The SMILES string of the molecule is COCc1cccc(OCc2ccc(C(=O)O)c(F)c2)c1. The van der Waals surface area contributed by atoms with Gasteiger partial charge in [-0.1, -0.05) is 18.2 Å². The summed E-state index contributed by atoms with van der Waals surface area (Å²) in [6, 6.07) is 11.3. The van der Waals surface area contributed by atoms with Gasteiger partial charge in [0.1, 0.15) is 18.2 Å². The number of halogens is 1. The van der Waals surface area contributed by atoms with Crippen molar-refractivity contribution in [3.05, 3.63) is 65.0 Å². The Bertz CT molecular complexity index is 640. The maximum absolute atomic E-state index is 13.5. The number of benzene rings is 2. The first-order valence-corrected chi connectivity index (χ1v) is 6.32. The van der Waals surface area contributed by atoms with Crippen LogP contribution < -0.4 is 4.74 Å². The van der Waals surface area contributed by atoms with Crippen LogP contribution in [0.4, 0.5) is 4.39 Å². The summed E-state index contributed by atoms with van der Waals surface area (Å²) in [7, 11) is 1.61. The molecule has 0 spiro atoms. The van der Waals surface area contributed by atoms with E-state index in [2.05, 4.69) is 0 Å². The van der Waals surface area contributed by atoms with Gasteiger partial charge >= 0.3 is 5.97 Å². The summed E-state index contributed by atoms with van der Waals surface area (Å²) < 4.78 is 24.1. The standard InChI is InChI=1S/C16H15FO4/c1-20-9-11-3-2-4-13(7-11)21-10-12-5-6-14(16(18)19)15(17)8-12/h2-8H,9-10H2,1H3,(H,18,19). The van der Waals surface area contributed by atoms with Crippen molar-refractivity contribution in [3.8, 4) is 5.75 Å². The van der Waals surface area contributed by atoms with Gasteiger partial charge in [-0.05, 0) is 35.4 Å². The predicted octanol–water partition coefficient (Wildman–Crippen LogP) is 3.25. The van der Waals surface area contributed by atoms with E-state index < -0.39 is 11.8 Å². The van der Waals surface area contributed by atoms with Gasteiger partial charge in [-0.3, -0.25) is 0 Å². The van der Waals surface area contributed by atoms with E-state index in [1.165, 1.54) is 18.2 Å². The van der Waals surface area contributed by atoms with Gasteiger partial charge in [-0.15, -0.1) is 0 Å². The third kappa shape index (κ3) is 4.03. The highest BCUT2D eigenvalue weighted by Crippen LogP contribution is 2.17. The number of hydrogen-bond donors (Lipinski definition) is 1. The molecule has 2 aromatic rings. The molecule has 2 aromatic carbocycles. The van der Waals surface area contributed by atoms with Gasteiger partial charge in [0, 0.05) is 7.11 Å². The second-order valence-corrected chi connectivity index (χ2v) is 4.49. The summed E-state index contributed by atoms with van der Waals surface area (Å²) in [5.41, 5.74) is 1.19. The molecule has 0 heterocycles. The molecular weight excluding hydrogens is 275 g/mol. The normalized spacial score (nSPS) is 10.4. The molecule has 1 N–H and O–H groups in total. The zero-order valence-corrected chi connectivity index (χ0v) is 11.5. The van der Waals surface area contributed by atoms with Crippen molar-refractivity contribution in [2.45, 2.75) is 13.2 Å². The van der Waals surface area contributed by atoms with E-state index in [4.69, 9.17) is 14.6 Å². The van der Waals surface area contributed by atoms with E-state index in [1.54, 1.807) is 13.2 Å². The van der Waals surface area contributed by atoms with Crippen LogP contribution in [0.3, 0.4) is 0 Å². The van der Waals surface area contributed by atoms with Gasteiger partial charge in [0.05, 0.1) is 12.2 Å². The van der Waals surface area contributed by atoms with Gasteiger partial charge in [0.2, 0.25) is 0 Å². The van der Waals surface area contributed by atoms with Crippen LogP contribution >= 0.6 is 0 Å². The maximum atomic E-state index is 13.5. The van der Waals surface area contributed by atoms with Crippen molar-refractivity contribution in [2.75, 3.05) is 7.11 Å². The number of hydrogen-bond acceptors (Lipinski definition) is 3. The lowest BCUT2D eigenvalue weighted by Gasteiger charge is -2.08. The monoisotopic (exact) mass is 290 g/mol. The minimum Gasteiger partial charge on any atom is -0.489 e. The molecule has 2 rings (SSSR count). The Morgan fingerprint density at radius 1 is 1.14 bits per heavy atom. The molecule has 0 saturated carbocycles. The number of carboxylic acid groups (broad SMARTS) is 1. The fourth-order valence-corrected chi connectivity index (χ4v) is 1.88. The van der Waals surface area contributed by atoms with Gasteiger partial charge < -0.3 is 14.6 Å². The van der Waals surface area contributed by atoms with E-state index in [1.807, 2.05) is 18.2 Å². The summed E-state index contributed by atoms with van der Waals surface area (Å²) in [6.07, 6.45) is 0. The second kappa shape index (κ2) is 6.85. The van der Waals surface area contributed by atoms with E-state index in [0.29, 0.717) is 17.9 Å². The Morgan fingerprint density at radius 2 is 1.90 bits per heavy atom.